The molecule has 0 spiro atoms. The van der Waals surface area contributed by atoms with Crippen LogP contribution in [0.4, 0.5) is 0 Å². The maximum atomic E-state index is 11.2. The lowest BCUT2D eigenvalue weighted by molar-refractivity contribution is 0.0422. The van der Waals surface area contributed by atoms with Crippen molar-refractivity contribution in [2.24, 2.45) is 0 Å². The molecule has 3 aliphatic heterocycles. The first-order chi connectivity index (χ1) is 57.7. The second-order valence-electron chi connectivity index (χ2n) is 22.2. The van der Waals surface area contributed by atoms with Gasteiger partial charge >= 0.3 is 71.6 Å². The van der Waals surface area contributed by atoms with Gasteiger partial charge in [-0.05, 0) is 54.6 Å². The highest BCUT2D eigenvalue weighted by atomic mass is 16.6. The largest absolute Gasteiger partial charge is 0.504 e. The van der Waals surface area contributed by atoms with Crippen LogP contribution >= 0.6 is 0 Å². The van der Waals surface area contributed by atoms with E-state index in [-0.39, 0.29) is 102 Å². The average molecular weight is 1640 g/mol. The van der Waals surface area contributed by atoms with Crippen LogP contribution in [0, 0.1) is 0 Å². The van der Waals surface area contributed by atoms with Gasteiger partial charge in [-0.3, -0.25) is 19.9 Å². The van der Waals surface area contributed by atoms with Crippen LogP contribution in [-0.4, -0.2) is 244 Å². The van der Waals surface area contributed by atoms with Crippen LogP contribution in [0.5, 0.6) is 34.5 Å². The van der Waals surface area contributed by atoms with Crippen molar-refractivity contribution in [3.8, 4) is 34.5 Å². The summed E-state index contributed by atoms with van der Waals surface area (Å²) in [5.41, 5.74) is 0.977. The molecule has 0 radical (unpaired) electrons. The number of carbonyl (C=O) groups is 12. The van der Waals surface area contributed by atoms with Crippen LogP contribution in [-0.2, 0) is 28.4 Å². The summed E-state index contributed by atoms with van der Waals surface area (Å²) in [6, 6.07) is 14.6. The molecule has 120 heavy (non-hydrogen) atoms. The minimum atomic E-state index is -1.30. The number of cyclic esters (lactones) is 6. The summed E-state index contributed by atoms with van der Waals surface area (Å²) < 4.78 is 26.2. The number of aromatic nitrogens is 21. The molecule has 0 aliphatic carbocycles. The molecule has 0 saturated carbocycles. The number of carboxylic acids is 3. The van der Waals surface area contributed by atoms with E-state index in [4.69, 9.17) is 15.3 Å². The third-order valence-electron chi connectivity index (χ3n) is 15.0. The van der Waals surface area contributed by atoms with Crippen molar-refractivity contribution in [1.82, 2.24) is 105 Å². The van der Waals surface area contributed by atoms with Crippen molar-refractivity contribution in [2.45, 2.75) is 0 Å². The first-order valence-corrected chi connectivity index (χ1v) is 32.5. The molecule has 48 heteroatoms. The molecular weight excluding hydrogens is 1590 g/mol. The van der Waals surface area contributed by atoms with E-state index < -0.39 is 100 Å². The van der Waals surface area contributed by atoms with Gasteiger partial charge in [0.1, 0.15) is 44.1 Å². The maximum absolute atomic E-state index is 11.2. The Morgan fingerprint density at radius 1 is 0.275 bits per heavy atom. The van der Waals surface area contributed by atoms with Gasteiger partial charge < -0.3 is 74.4 Å². The number of pyridine rings is 9. The number of hydrogen-bond acceptors (Lipinski definition) is 45. The van der Waals surface area contributed by atoms with Gasteiger partial charge in [-0.2, -0.15) is 15.3 Å². The Morgan fingerprint density at radius 2 is 0.567 bits per heavy atom. The molecular formula is C72H45N21O27. The quantitative estimate of drug-likeness (QED) is 0.0645. The summed E-state index contributed by atoms with van der Waals surface area (Å²) in [7, 11) is 3.65. The molecule has 0 fully saturated rings. The molecule has 15 aromatic rings. The van der Waals surface area contributed by atoms with Crippen LogP contribution < -0.4 is 0 Å². The minimum Gasteiger partial charge on any atom is -0.504 e. The second-order valence-corrected chi connectivity index (χ2v) is 22.2. The molecule has 0 unspecified atom stereocenters. The van der Waals surface area contributed by atoms with E-state index in [9.17, 15) is 88.2 Å². The predicted octanol–water partition coefficient (Wildman–Crippen LogP) is 4.01. The number of ether oxygens (including phenoxy) is 6. The van der Waals surface area contributed by atoms with E-state index in [0.717, 1.165) is 0 Å². The Morgan fingerprint density at radius 3 is 1.00 bits per heavy atom. The topological polar surface area (TPSA) is 713 Å². The van der Waals surface area contributed by atoms with Gasteiger partial charge in [0.05, 0.1) is 63.4 Å². The summed E-state index contributed by atoms with van der Waals surface area (Å²) in [4.78, 5) is 186. The van der Waals surface area contributed by atoms with Crippen LogP contribution in [0.3, 0.4) is 0 Å². The fourth-order valence-electron chi connectivity index (χ4n) is 9.56. The molecule has 48 nitrogen and oxygen atoms in total. The van der Waals surface area contributed by atoms with Crippen molar-refractivity contribution in [2.75, 3.05) is 21.3 Å². The molecule has 0 bridgehead atoms. The Hall–Kier alpha value is -18.6. The summed E-state index contributed by atoms with van der Waals surface area (Å²) in [6.45, 7) is 0. The fraction of sp³-hybridized carbons (Fsp3) is 0.0417. The van der Waals surface area contributed by atoms with Crippen LogP contribution in [0.25, 0.3) is 65.7 Å². The number of rotatable bonds is 6. The lowest BCUT2D eigenvalue weighted by Crippen LogP contribution is -2.05. The number of aromatic carboxylic acids is 3. The number of fused-ring (bicyclic) bond motifs is 9. The van der Waals surface area contributed by atoms with E-state index in [0.29, 0.717) is 38.1 Å². The number of carboxylic acid groups (broad SMARTS) is 3. The summed E-state index contributed by atoms with van der Waals surface area (Å²) in [5, 5.41) is 107. The zero-order valence-corrected chi connectivity index (χ0v) is 60.4. The smallest absolute Gasteiger partial charge is 0.367 e. The van der Waals surface area contributed by atoms with E-state index in [2.05, 4.69) is 134 Å². The van der Waals surface area contributed by atoms with Gasteiger partial charge in [0.15, 0.2) is 91.4 Å². The third-order valence-corrected chi connectivity index (χ3v) is 15.0. The van der Waals surface area contributed by atoms with Crippen LogP contribution in [0.2, 0.25) is 0 Å². The highest BCUT2D eigenvalue weighted by Gasteiger charge is 2.34. The first kappa shape index (κ1) is 83.9. The second kappa shape index (κ2) is 38.1. The molecule has 600 valence electrons. The Kier molecular flexibility index (Phi) is 26.6. The molecule has 18 heterocycles. The number of nitrogens with zero attached hydrogens (tertiary/aromatic N) is 21. The van der Waals surface area contributed by atoms with Gasteiger partial charge in [0, 0.05) is 102 Å². The molecule has 18 rings (SSSR count). The van der Waals surface area contributed by atoms with Gasteiger partial charge in [-0.1, -0.05) is 0 Å². The fourth-order valence-corrected chi connectivity index (χ4v) is 9.56. The van der Waals surface area contributed by atoms with Crippen LogP contribution in [0.15, 0.2) is 166 Å². The van der Waals surface area contributed by atoms with Crippen molar-refractivity contribution in [3.05, 3.63) is 234 Å². The van der Waals surface area contributed by atoms with E-state index in [1.165, 1.54) is 145 Å². The van der Waals surface area contributed by atoms with Crippen molar-refractivity contribution in [3.63, 3.8) is 0 Å². The molecule has 0 aromatic carbocycles. The number of aromatic hydroxyl groups is 6. The standard InChI is InChI=1S/C10H8N2O3.2C9H7N3O3.C9H6N2O3.2C8H5N3O3.C7H3NO3.2C6H2N2O3/c1-15-10(14)8-9(13)7-6(5-12-8)3-2-4-11-7;1-15-9(14)7-8(13)6-5(4-12-7)10-2-3-11-6;1-15-9(14)7-8(13)6-5(4-10-7)2-3-11-12-6;12-8-6-5(2-1-3-10-6)4-11-7(8)9(13)14;12-7-5-4(9-1-2-10-5)3-11-6(7)8(13)14;12-7-5-4(1-2-10-11-5)3-9-6(7)8(13)14;9-6-4-2-1-3-8-5(4)7(10)11-6;9-5-3-4(6(10)11-5)8-2-1-7-3;9-5-3-1-2-7-8-4(3)6(10)11-5/h2-5,13H,1H3;2*2-4,13H,1H3;1-4,12H,(H,13,14);2*1-3,12H,(H,13,14);1-3H;2*1-2H. The SMILES string of the molecule is COC(=O)c1ncc2cccnc2c1O.COC(=O)c1ncc2ccnnc2c1O.COC(=O)c1ncc2nccnc2c1O.O=C(O)c1ncc2cccnc2c1O.O=C(O)c1ncc2ccnnc2c1O.O=C(O)c1ncc2nccnc2c1O.O=C1OC(=O)c2ncccc21.O=C1OC(=O)c2nccnc21.O=C1OC(=O)c2nnccc21. The lowest BCUT2D eigenvalue weighted by Gasteiger charge is -2.03. The molecule has 0 atom stereocenters. The normalized spacial score (nSPS) is 11.4. The third kappa shape index (κ3) is 19.1. The van der Waals surface area contributed by atoms with Gasteiger partial charge in [0.2, 0.25) is 0 Å². The average Bonchev–Trinajstić information content (AvgIpc) is 1.66. The van der Waals surface area contributed by atoms with Gasteiger partial charge in [0.25, 0.3) is 0 Å². The number of hydrogen-bond donors (Lipinski definition) is 9. The monoisotopic (exact) mass is 1640 g/mol. The Labute approximate surface area is 662 Å². The molecule has 3 aliphatic rings. The highest BCUT2D eigenvalue weighted by molar-refractivity contribution is 6.15. The van der Waals surface area contributed by atoms with E-state index >= 15 is 0 Å². The zero-order valence-electron chi connectivity index (χ0n) is 60.4. The van der Waals surface area contributed by atoms with Gasteiger partial charge in [-0.25, -0.2) is 112 Å². The maximum Gasteiger partial charge on any atom is 0.367 e. The van der Waals surface area contributed by atoms with E-state index in [1.54, 1.807) is 42.5 Å². The molecule has 9 N–H and O–H groups in total. The predicted molar refractivity (Wildman–Crippen MR) is 391 cm³/mol. The van der Waals surface area contributed by atoms with Crippen LogP contribution in [0.1, 0.15) is 126 Å². The van der Waals surface area contributed by atoms with Crippen molar-refractivity contribution < 1.29 is 132 Å². The molecule has 0 amide bonds. The zero-order chi connectivity index (χ0) is 86.4. The summed E-state index contributed by atoms with van der Waals surface area (Å²) >= 11 is 0. The van der Waals surface area contributed by atoms with Crippen molar-refractivity contribution in [1.29, 1.82) is 0 Å². The summed E-state index contributed by atoms with van der Waals surface area (Å²) in [6.07, 6.45) is 25.3. The van der Waals surface area contributed by atoms with Crippen molar-refractivity contribution >= 4 is 137 Å². The minimum absolute atomic E-state index is 0.00231. The molecule has 15 aromatic heterocycles. The Bertz CT molecular complexity index is 5910. The Balaban J connectivity index is 0.000000142. The first-order valence-electron chi connectivity index (χ1n) is 32.5. The lowest BCUT2D eigenvalue weighted by atomic mass is 10.2. The number of esters is 9. The summed E-state index contributed by atoms with van der Waals surface area (Å²) in [5.74, 6) is -12.2. The highest BCUT2D eigenvalue weighted by Crippen LogP contribution is 2.30. The number of carbonyl (C=O) groups excluding carboxylic acids is 9. The molecule has 0 saturated heterocycles. The van der Waals surface area contributed by atoms with E-state index in [1.807, 2.05) is 0 Å². The van der Waals surface area contributed by atoms with Gasteiger partial charge in [-0.15, -0.1) is 15.3 Å². The number of methoxy groups -OCH3 is 3.